The van der Waals surface area contributed by atoms with Crippen LogP contribution in [0.15, 0.2) is 0 Å². The van der Waals surface area contributed by atoms with Crippen molar-refractivity contribution in [1.82, 2.24) is 4.90 Å². The molecule has 1 atom stereocenters. The van der Waals surface area contributed by atoms with Crippen molar-refractivity contribution >= 4 is 21.8 Å². The maximum Gasteiger partial charge on any atom is 0.222 e. The Kier molecular flexibility index (Phi) is 2.72. The van der Waals surface area contributed by atoms with Crippen LogP contribution in [-0.2, 0) is 4.79 Å². The fourth-order valence-corrected chi connectivity index (χ4v) is 1.72. The van der Waals surface area contributed by atoms with Crippen molar-refractivity contribution in [3.63, 3.8) is 0 Å². The second-order valence-electron chi connectivity index (χ2n) is 2.58. The Hall–Kier alpha value is -0.0500. The van der Waals surface area contributed by atoms with Crippen LogP contribution < -0.4 is 0 Å². The van der Waals surface area contributed by atoms with E-state index >= 15 is 0 Å². The zero-order valence-electron chi connectivity index (χ0n) is 6.14. The molecule has 3 heteroatoms. The molecule has 2 nitrogen and oxygen atoms in total. The van der Waals surface area contributed by atoms with Crippen molar-refractivity contribution < 1.29 is 4.79 Å². The van der Waals surface area contributed by atoms with Gasteiger partial charge in [0.2, 0.25) is 5.91 Å². The molecule has 1 fully saturated rings. The quantitative estimate of drug-likeness (QED) is 0.593. The van der Waals surface area contributed by atoms with Crippen molar-refractivity contribution in [2.75, 3.05) is 13.1 Å². The summed E-state index contributed by atoms with van der Waals surface area (Å²) in [6.07, 6.45) is 1.74. The predicted octanol–water partition coefficient (Wildman–Crippen LogP) is 1.39. The van der Waals surface area contributed by atoms with E-state index in [1.807, 2.05) is 11.8 Å². The van der Waals surface area contributed by atoms with Crippen LogP contribution in [0.5, 0.6) is 0 Å². The van der Waals surface area contributed by atoms with Crippen LogP contribution >= 0.6 is 15.9 Å². The summed E-state index contributed by atoms with van der Waals surface area (Å²) in [6.45, 7) is 3.74. The summed E-state index contributed by atoms with van der Waals surface area (Å²) in [5.41, 5.74) is 0. The molecule has 1 aliphatic heterocycles. The highest BCUT2D eigenvalue weighted by Crippen LogP contribution is 2.16. The van der Waals surface area contributed by atoms with Gasteiger partial charge in [0.1, 0.15) is 0 Å². The normalized spacial score (nSPS) is 25.4. The molecule has 0 aromatic carbocycles. The van der Waals surface area contributed by atoms with E-state index in [9.17, 15) is 4.79 Å². The van der Waals surface area contributed by atoms with E-state index in [2.05, 4.69) is 15.9 Å². The lowest BCUT2D eigenvalue weighted by molar-refractivity contribution is -0.129. The van der Waals surface area contributed by atoms with Crippen LogP contribution in [0.1, 0.15) is 19.8 Å². The molecule has 0 aromatic heterocycles. The summed E-state index contributed by atoms with van der Waals surface area (Å²) in [6, 6.07) is 0. The Bertz CT molecular complexity index is 138. The van der Waals surface area contributed by atoms with E-state index in [4.69, 9.17) is 0 Å². The minimum Gasteiger partial charge on any atom is -0.342 e. The molecule has 0 bridgehead atoms. The van der Waals surface area contributed by atoms with Gasteiger partial charge in [-0.05, 0) is 6.42 Å². The topological polar surface area (TPSA) is 20.3 Å². The molecule has 0 aliphatic carbocycles. The van der Waals surface area contributed by atoms with Gasteiger partial charge in [-0.2, -0.15) is 0 Å². The number of likely N-dealkylation sites (tertiary alicyclic amines) is 1. The number of nitrogens with zero attached hydrogens (tertiary/aromatic N) is 1. The number of rotatable bonds is 1. The van der Waals surface area contributed by atoms with E-state index in [1.54, 1.807) is 0 Å². The number of hydrogen-bond acceptors (Lipinski definition) is 1. The average Bonchev–Trinajstić information content (AvgIpc) is 2.34. The Balaban J connectivity index is 2.37. The molecule has 0 radical (unpaired) electrons. The minimum absolute atomic E-state index is 0.280. The number of hydrogen-bond donors (Lipinski definition) is 0. The van der Waals surface area contributed by atoms with Crippen molar-refractivity contribution in [1.29, 1.82) is 0 Å². The molecule has 1 unspecified atom stereocenters. The highest BCUT2D eigenvalue weighted by Gasteiger charge is 2.22. The molecule has 0 N–H and O–H groups in total. The Morgan fingerprint density at radius 1 is 1.80 bits per heavy atom. The average molecular weight is 206 g/mol. The second-order valence-corrected chi connectivity index (χ2v) is 3.87. The maximum atomic E-state index is 11.1. The molecule has 58 valence electrons. The number of alkyl halides is 1. The first-order valence-corrected chi connectivity index (χ1v) is 4.57. The van der Waals surface area contributed by atoms with Crippen molar-refractivity contribution in [2.45, 2.75) is 24.6 Å². The molecule has 1 saturated heterocycles. The van der Waals surface area contributed by atoms with E-state index in [1.165, 1.54) is 0 Å². The Morgan fingerprint density at radius 3 is 2.90 bits per heavy atom. The highest BCUT2D eigenvalue weighted by molar-refractivity contribution is 9.09. The van der Waals surface area contributed by atoms with Crippen LogP contribution in [0.25, 0.3) is 0 Å². The lowest BCUT2D eigenvalue weighted by Crippen LogP contribution is -2.27. The van der Waals surface area contributed by atoms with Gasteiger partial charge >= 0.3 is 0 Å². The standard InChI is InChI=1S/C7H12BrNO/c1-2-7(10)9-4-3-6(8)5-9/h6H,2-5H2,1H3. The highest BCUT2D eigenvalue weighted by atomic mass is 79.9. The zero-order valence-corrected chi connectivity index (χ0v) is 7.73. The first kappa shape index (κ1) is 8.05. The fourth-order valence-electron chi connectivity index (χ4n) is 1.17. The summed E-state index contributed by atoms with van der Waals surface area (Å²) in [7, 11) is 0. The lowest BCUT2D eigenvalue weighted by atomic mass is 10.4. The summed E-state index contributed by atoms with van der Waals surface area (Å²) in [5, 5.41) is 0. The third kappa shape index (κ3) is 1.72. The number of halogens is 1. The largest absolute Gasteiger partial charge is 0.342 e. The monoisotopic (exact) mass is 205 g/mol. The van der Waals surface area contributed by atoms with E-state index in [0.29, 0.717) is 11.2 Å². The fraction of sp³-hybridized carbons (Fsp3) is 0.857. The van der Waals surface area contributed by atoms with Crippen LogP contribution in [-0.4, -0.2) is 28.7 Å². The van der Waals surface area contributed by atoms with Crippen molar-refractivity contribution in [2.24, 2.45) is 0 Å². The number of amides is 1. The van der Waals surface area contributed by atoms with Crippen molar-refractivity contribution in [3.8, 4) is 0 Å². The van der Waals surface area contributed by atoms with E-state index < -0.39 is 0 Å². The summed E-state index contributed by atoms with van der Waals surface area (Å²) >= 11 is 3.48. The van der Waals surface area contributed by atoms with Gasteiger partial charge in [-0.15, -0.1) is 0 Å². The lowest BCUT2D eigenvalue weighted by Gasteiger charge is -2.13. The molecular formula is C7H12BrNO. The van der Waals surface area contributed by atoms with Crippen LogP contribution in [0, 0.1) is 0 Å². The van der Waals surface area contributed by atoms with Gasteiger partial charge < -0.3 is 4.90 Å². The van der Waals surface area contributed by atoms with Crippen molar-refractivity contribution in [3.05, 3.63) is 0 Å². The summed E-state index contributed by atoms with van der Waals surface area (Å²) in [5.74, 6) is 0.280. The molecule has 10 heavy (non-hydrogen) atoms. The smallest absolute Gasteiger partial charge is 0.222 e. The molecular weight excluding hydrogens is 194 g/mol. The first-order valence-electron chi connectivity index (χ1n) is 3.66. The number of carbonyl (C=O) groups excluding carboxylic acids is 1. The van der Waals surface area contributed by atoms with Gasteiger partial charge in [-0.25, -0.2) is 0 Å². The van der Waals surface area contributed by atoms with Gasteiger partial charge in [0.05, 0.1) is 0 Å². The van der Waals surface area contributed by atoms with Gasteiger partial charge in [-0.3, -0.25) is 4.79 Å². The molecule has 1 amide bonds. The van der Waals surface area contributed by atoms with Crippen LogP contribution in [0.2, 0.25) is 0 Å². The third-order valence-electron chi connectivity index (χ3n) is 1.79. The van der Waals surface area contributed by atoms with Crippen LogP contribution in [0.4, 0.5) is 0 Å². The second kappa shape index (κ2) is 3.37. The Labute approximate surface area is 69.7 Å². The predicted molar refractivity (Wildman–Crippen MR) is 44.2 cm³/mol. The molecule has 0 spiro atoms. The zero-order chi connectivity index (χ0) is 7.56. The van der Waals surface area contributed by atoms with Crippen LogP contribution in [0.3, 0.4) is 0 Å². The van der Waals surface area contributed by atoms with Gasteiger partial charge in [0, 0.05) is 24.3 Å². The molecule has 0 aromatic rings. The van der Waals surface area contributed by atoms with E-state index in [0.717, 1.165) is 19.5 Å². The Morgan fingerprint density at radius 2 is 2.50 bits per heavy atom. The molecule has 1 aliphatic rings. The third-order valence-corrected chi connectivity index (χ3v) is 2.53. The summed E-state index contributed by atoms with van der Waals surface area (Å²) in [4.78, 5) is 13.5. The van der Waals surface area contributed by atoms with E-state index in [-0.39, 0.29) is 5.91 Å². The van der Waals surface area contributed by atoms with Gasteiger partial charge in [-0.1, -0.05) is 22.9 Å². The number of carbonyl (C=O) groups is 1. The van der Waals surface area contributed by atoms with Gasteiger partial charge in [0.15, 0.2) is 0 Å². The molecule has 1 heterocycles. The molecule has 1 rings (SSSR count). The van der Waals surface area contributed by atoms with Gasteiger partial charge in [0.25, 0.3) is 0 Å². The maximum absolute atomic E-state index is 11.1. The first-order chi connectivity index (χ1) is 4.74. The SMILES string of the molecule is CCC(=O)N1CCC(Br)C1. The summed E-state index contributed by atoms with van der Waals surface area (Å²) < 4.78 is 0. The minimum atomic E-state index is 0.280. The molecule has 0 saturated carbocycles.